The molecule has 0 saturated carbocycles. The number of aliphatic carboxylic acids is 1. The van der Waals surface area contributed by atoms with E-state index >= 15 is 0 Å². The predicted octanol–water partition coefficient (Wildman–Crippen LogP) is 4.44. The van der Waals surface area contributed by atoms with Gasteiger partial charge >= 0.3 is 11.9 Å². The summed E-state index contributed by atoms with van der Waals surface area (Å²) in [6, 6.07) is 14.2. The number of nitrogens with zero attached hydrogens (tertiary/aromatic N) is 1. The first-order valence-corrected chi connectivity index (χ1v) is 9.19. The van der Waals surface area contributed by atoms with Crippen LogP contribution in [0.3, 0.4) is 0 Å². The first-order chi connectivity index (χ1) is 13.0. The molecule has 0 aliphatic carbocycles. The second-order valence-corrected chi connectivity index (χ2v) is 7.00. The Kier molecular flexibility index (Phi) is 5.52. The van der Waals surface area contributed by atoms with Crippen LogP contribution in [-0.2, 0) is 17.6 Å². The van der Waals surface area contributed by atoms with Gasteiger partial charge in [-0.1, -0.05) is 31.2 Å². The van der Waals surface area contributed by atoms with Crippen LogP contribution in [0.4, 0.5) is 10.8 Å². The van der Waals surface area contributed by atoms with Crippen molar-refractivity contribution in [2.75, 3.05) is 5.32 Å². The molecule has 0 amide bonds. The highest BCUT2D eigenvalue weighted by Gasteiger charge is 2.16. The van der Waals surface area contributed by atoms with Crippen molar-refractivity contribution in [1.82, 2.24) is 4.98 Å². The lowest BCUT2D eigenvalue weighted by molar-refractivity contribution is -0.136. The Bertz CT molecular complexity index is 963. The fourth-order valence-corrected chi connectivity index (χ4v) is 3.60. The minimum absolute atomic E-state index is 0.109. The normalized spacial score (nSPS) is 10.6. The van der Waals surface area contributed by atoms with Crippen LogP contribution in [0.5, 0.6) is 0 Å². The van der Waals surface area contributed by atoms with Crippen LogP contribution in [0, 0.1) is 0 Å². The first kappa shape index (κ1) is 18.6. The Morgan fingerprint density at radius 3 is 2.26 bits per heavy atom. The standard InChI is InChI=1S/C20H18N2O4S/c1-2-12-3-5-13(6-4-12)18-16(11-17(23)24)27-20(22-18)21-15-9-7-14(8-10-15)19(25)26/h3-10H,2,11H2,1H3,(H,21,22)(H,23,24)(H,25,26). The lowest BCUT2D eigenvalue weighted by atomic mass is 10.1. The molecule has 1 heterocycles. The SMILES string of the molecule is CCc1ccc(-c2nc(Nc3ccc(C(=O)O)cc3)sc2CC(=O)O)cc1. The van der Waals surface area contributed by atoms with Gasteiger partial charge in [0.25, 0.3) is 0 Å². The van der Waals surface area contributed by atoms with Gasteiger partial charge in [0.1, 0.15) is 0 Å². The summed E-state index contributed by atoms with van der Waals surface area (Å²) in [4.78, 5) is 27.4. The molecule has 6 nitrogen and oxygen atoms in total. The van der Waals surface area contributed by atoms with E-state index in [1.165, 1.54) is 29.0 Å². The van der Waals surface area contributed by atoms with Crippen molar-refractivity contribution in [1.29, 1.82) is 0 Å². The summed E-state index contributed by atoms with van der Waals surface area (Å²) in [5.41, 5.74) is 3.60. The van der Waals surface area contributed by atoms with Gasteiger partial charge in [-0.15, -0.1) is 11.3 Å². The molecule has 0 aliphatic rings. The Morgan fingerprint density at radius 1 is 1.04 bits per heavy atom. The summed E-state index contributed by atoms with van der Waals surface area (Å²) in [6.45, 7) is 2.07. The highest BCUT2D eigenvalue weighted by atomic mass is 32.1. The van der Waals surface area contributed by atoms with E-state index in [9.17, 15) is 14.7 Å². The minimum atomic E-state index is -0.989. The molecule has 2 aromatic carbocycles. The number of aromatic nitrogens is 1. The fourth-order valence-electron chi connectivity index (χ4n) is 2.61. The molecule has 3 rings (SSSR count). The summed E-state index contributed by atoms with van der Waals surface area (Å²) < 4.78 is 0. The maximum atomic E-state index is 11.2. The van der Waals surface area contributed by atoms with Gasteiger partial charge in [-0.2, -0.15) is 0 Å². The average molecular weight is 382 g/mol. The van der Waals surface area contributed by atoms with Crippen molar-refractivity contribution >= 4 is 34.1 Å². The fraction of sp³-hybridized carbons (Fsp3) is 0.150. The molecule has 0 aliphatic heterocycles. The molecule has 3 N–H and O–H groups in total. The maximum absolute atomic E-state index is 11.2. The van der Waals surface area contributed by atoms with Gasteiger partial charge in [-0.05, 0) is 36.2 Å². The zero-order valence-corrected chi connectivity index (χ0v) is 15.4. The van der Waals surface area contributed by atoms with Crippen LogP contribution < -0.4 is 5.32 Å². The number of thiazole rings is 1. The maximum Gasteiger partial charge on any atom is 0.335 e. The van der Waals surface area contributed by atoms with Crippen LogP contribution in [0.15, 0.2) is 48.5 Å². The van der Waals surface area contributed by atoms with Crippen LogP contribution >= 0.6 is 11.3 Å². The number of hydrogen-bond donors (Lipinski definition) is 3. The number of anilines is 2. The molecule has 0 fully saturated rings. The van der Waals surface area contributed by atoms with E-state index in [2.05, 4.69) is 17.2 Å². The molecule has 0 saturated heterocycles. The van der Waals surface area contributed by atoms with Crippen molar-refractivity contribution in [3.63, 3.8) is 0 Å². The highest BCUT2D eigenvalue weighted by Crippen LogP contribution is 2.33. The van der Waals surface area contributed by atoms with E-state index in [1.54, 1.807) is 12.1 Å². The number of carboxylic acids is 2. The quantitative estimate of drug-likeness (QED) is 0.559. The first-order valence-electron chi connectivity index (χ1n) is 8.37. The number of aromatic carboxylic acids is 1. The molecule has 138 valence electrons. The summed E-state index contributed by atoms with van der Waals surface area (Å²) in [7, 11) is 0. The Morgan fingerprint density at radius 2 is 1.70 bits per heavy atom. The molecule has 0 bridgehead atoms. The predicted molar refractivity (Wildman–Crippen MR) is 105 cm³/mol. The van der Waals surface area contributed by atoms with Gasteiger partial charge in [0.15, 0.2) is 5.13 Å². The summed E-state index contributed by atoms with van der Waals surface area (Å²) in [6.07, 6.45) is 0.820. The number of carboxylic acid groups (broad SMARTS) is 2. The van der Waals surface area contributed by atoms with E-state index in [0.717, 1.165) is 12.0 Å². The zero-order valence-electron chi connectivity index (χ0n) is 14.6. The molecule has 7 heteroatoms. The third-order valence-corrected chi connectivity index (χ3v) is 5.00. The second kappa shape index (κ2) is 8.01. The van der Waals surface area contributed by atoms with Crippen molar-refractivity contribution in [3.05, 3.63) is 64.5 Å². The molecule has 1 aromatic heterocycles. The summed E-state index contributed by atoms with van der Waals surface area (Å²) in [5.74, 6) is -1.90. The molecule has 3 aromatic rings. The van der Waals surface area contributed by atoms with E-state index < -0.39 is 11.9 Å². The van der Waals surface area contributed by atoms with Gasteiger partial charge in [0, 0.05) is 16.1 Å². The number of nitrogens with one attached hydrogen (secondary N) is 1. The van der Waals surface area contributed by atoms with Gasteiger partial charge in [0.05, 0.1) is 17.7 Å². The molecule has 27 heavy (non-hydrogen) atoms. The molecule has 0 spiro atoms. The van der Waals surface area contributed by atoms with Crippen LogP contribution in [0.1, 0.15) is 27.7 Å². The van der Waals surface area contributed by atoms with E-state index in [0.29, 0.717) is 21.4 Å². The molecule has 0 radical (unpaired) electrons. The number of carbonyl (C=O) groups is 2. The Hall–Kier alpha value is -3.19. The topological polar surface area (TPSA) is 99.5 Å². The number of rotatable bonds is 7. The second-order valence-electron chi connectivity index (χ2n) is 5.92. The molecular weight excluding hydrogens is 364 g/mol. The van der Waals surface area contributed by atoms with Gasteiger partial charge in [-0.25, -0.2) is 9.78 Å². The average Bonchev–Trinajstić information content (AvgIpc) is 3.03. The summed E-state index contributed by atoms with van der Waals surface area (Å²) in [5, 5.41) is 21.8. The summed E-state index contributed by atoms with van der Waals surface area (Å²) >= 11 is 1.28. The Labute approximate surface area is 160 Å². The van der Waals surface area contributed by atoms with Crippen molar-refractivity contribution < 1.29 is 19.8 Å². The number of benzene rings is 2. The van der Waals surface area contributed by atoms with Crippen LogP contribution in [-0.4, -0.2) is 27.1 Å². The van der Waals surface area contributed by atoms with Crippen molar-refractivity contribution in [2.45, 2.75) is 19.8 Å². The smallest absolute Gasteiger partial charge is 0.335 e. The lowest BCUT2D eigenvalue weighted by Crippen LogP contribution is -1.99. The third-order valence-electron chi connectivity index (χ3n) is 4.03. The van der Waals surface area contributed by atoms with Crippen molar-refractivity contribution in [2.24, 2.45) is 0 Å². The lowest BCUT2D eigenvalue weighted by Gasteiger charge is -2.03. The molecule has 0 atom stereocenters. The van der Waals surface area contributed by atoms with Gasteiger partial charge in [0.2, 0.25) is 0 Å². The Balaban J connectivity index is 1.90. The molecular formula is C20H18N2O4S. The van der Waals surface area contributed by atoms with E-state index in [1.807, 2.05) is 24.3 Å². The van der Waals surface area contributed by atoms with Gasteiger partial charge in [-0.3, -0.25) is 4.79 Å². The van der Waals surface area contributed by atoms with E-state index in [-0.39, 0.29) is 12.0 Å². The van der Waals surface area contributed by atoms with Crippen molar-refractivity contribution in [3.8, 4) is 11.3 Å². The van der Waals surface area contributed by atoms with Gasteiger partial charge < -0.3 is 15.5 Å². The molecule has 0 unspecified atom stereocenters. The van der Waals surface area contributed by atoms with Crippen LogP contribution in [0.25, 0.3) is 11.3 Å². The minimum Gasteiger partial charge on any atom is -0.481 e. The zero-order chi connectivity index (χ0) is 19.4. The third kappa shape index (κ3) is 4.51. The van der Waals surface area contributed by atoms with E-state index in [4.69, 9.17) is 5.11 Å². The van der Waals surface area contributed by atoms with Crippen LogP contribution in [0.2, 0.25) is 0 Å². The highest BCUT2D eigenvalue weighted by molar-refractivity contribution is 7.16. The monoisotopic (exact) mass is 382 g/mol. The number of aryl methyl sites for hydroxylation is 1. The largest absolute Gasteiger partial charge is 0.481 e. The number of hydrogen-bond acceptors (Lipinski definition) is 5.